The number of pyridine rings is 1. The van der Waals surface area contributed by atoms with Gasteiger partial charge in [0.25, 0.3) is 0 Å². The monoisotopic (exact) mass is 267 g/mol. The quantitative estimate of drug-likeness (QED) is 0.859. The summed E-state index contributed by atoms with van der Waals surface area (Å²) < 4.78 is 0. The number of allylic oxidation sites excluding steroid dienone is 2. The number of hydrogen-bond donors (Lipinski definition) is 2. The number of carboxylic acids is 1. The molecule has 0 amide bonds. The first-order valence-corrected chi connectivity index (χ1v) is 6.29. The Morgan fingerprint density at radius 2 is 1.95 bits per heavy atom. The minimum absolute atomic E-state index is 0.166. The molecule has 0 saturated heterocycles. The van der Waals surface area contributed by atoms with Crippen LogP contribution in [0.25, 0.3) is 0 Å². The highest BCUT2D eigenvalue weighted by molar-refractivity contribution is 6.09. The molecule has 1 aromatic heterocycles. The van der Waals surface area contributed by atoms with Gasteiger partial charge in [-0.2, -0.15) is 0 Å². The average Bonchev–Trinajstić information content (AvgIpc) is 2.47. The molecule has 5 heteroatoms. The average molecular weight is 267 g/mol. The normalized spacial score (nSPS) is 23.6. The van der Waals surface area contributed by atoms with Crippen LogP contribution < -0.4 is 5.32 Å². The number of nitrogens with zero attached hydrogens (tertiary/aromatic N) is 2. The molecule has 1 aromatic rings. The summed E-state index contributed by atoms with van der Waals surface area (Å²) in [5.74, 6) is -0.556. The van der Waals surface area contributed by atoms with E-state index >= 15 is 0 Å². The third-order valence-electron chi connectivity index (χ3n) is 3.24. The van der Waals surface area contributed by atoms with E-state index in [4.69, 9.17) is 0 Å². The summed E-state index contributed by atoms with van der Waals surface area (Å²) in [6.07, 6.45) is 12.5. The van der Waals surface area contributed by atoms with Crippen LogP contribution in [0.1, 0.15) is 0 Å². The summed E-state index contributed by atoms with van der Waals surface area (Å²) in [5, 5.41) is 12.5. The van der Waals surface area contributed by atoms with Crippen molar-refractivity contribution in [1.82, 2.24) is 4.98 Å². The fourth-order valence-corrected chi connectivity index (χ4v) is 2.30. The highest BCUT2D eigenvalue weighted by Crippen LogP contribution is 2.28. The number of dihydropyridines is 1. The number of aromatic nitrogens is 1. The summed E-state index contributed by atoms with van der Waals surface area (Å²) in [7, 11) is 0. The number of anilines is 1. The fourth-order valence-electron chi connectivity index (χ4n) is 2.30. The minimum Gasteiger partial charge on any atom is -0.478 e. The van der Waals surface area contributed by atoms with E-state index in [1.807, 2.05) is 24.3 Å². The molecule has 20 heavy (non-hydrogen) atoms. The third kappa shape index (κ3) is 2.38. The molecule has 100 valence electrons. The van der Waals surface area contributed by atoms with Gasteiger partial charge < -0.3 is 10.4 Å². The van der Waals surface area contributed by atoms with Crippen LogP contribution in [0.15, 0.2) is 65.5 Å². The van der Waals surface area contributed by atoms with Gasteiger partial charge in [0.1, 0.15) is 5.84 Å². The first kappa shape index (κ1) is 12.3. The number of rotatable bonds is 2. The Labute approximate surface area is 116 Å². The van der Waals surface area contributed by atoms with Crippen molar-refractivity contribution in [2.45, 2.75) is 6.04 Å². The van der Waals surface area contributed by atoms with Crippen molar-refractivity contribution >= 4 is 17.5 Å². The summed E-state index contributed by atoms with van der Waals surface area (Å²) >= 11 is 0. The highest BCUT2D eigenvalue weighted by Gasteiger charge is 2.30. The molecule has 0 spiro atoms. The predicted molar refractivity (Wildman–Crippen MR) is 76.6 cm³/mol. The highest BCUT2D eigenvalue weighted by atomic mass is 16.4. The van der Waals surface area contributed by atoms with E-state index in [1.165, 1.54) is 0 Å². The maximum absolute atomic E-state index is 11.4. The number of aliphatic carboxylic acids is 1. The maximum Gasteiger partial charge on any atom is 0.332 e. The van der Waals surface area contributed by atoms with E-state index in [1.54, 1.807) is 30.6 Å². The van der Waals surface area contributed by atoms with Gasteiger partial charge in [-0.25, -0.2) is 4.79 Å². The molecule has 0 fully saturated rings. The number of carboxylic acid groups (broad SMARTS) is 1. The lowest BCUT2D eigenvalue weighted by molar-refractivity contribution is -0.133. The second-order valence-electron chi connectivity index (χ2n) is 4.57. The standard InChI is InChI=1S/C15H13N3O2/c19-15(20)12-9-14(17-10-5-7-16-8-6-10)18-13-4-2-1-3-11(12)13/h1-9,11,13H,(H,19,20)(H,16,17,18). The van der Waals surface area contributed by atoms with Crippen molar-refractivity contribution < 1.29 is 9.90 Å². The number of aliphatic imine (C=N–C) groups is 1. The van der Waals surface area contributed by atoms with Gasteiger partial charge in [-0.15, -0.1) is 0 Å². The molecule has 0 saturated carbocycles. The third-order valence-corrected chi connectivity index (χ3v) is 3.24. The van der Waals surface area contributed by atoms with Gasteiger partial charge in [-0.05, 0) is 18.2 Å². The zero-order chi connectivity index (χ0) is 13.9. The van der Waals surface area contributed by atoms with Crippen LogP contribution in [0, 0.1) is 5.92 Å². The number of nitrogens with one attached hydrogen (secondary N) is 1. The van der Waals surface area contributed by atoms with Crippen molar-refractivity contribution in [2.75, 3.05) is 5.32 Å². The zero-order valence-corrected chi connectivity index (χ0v) is 10.6. The van der Waals surface area contributed by atoms with Gasteiger partial charge in [-0.1, -0.05) is 24.3 Å². The Hall–Kier alpha value is -2.69. The van der Waals surface area contributed by atoms with Gasteiger partial charge >= 0.3 is 5.97 Å². The molecule has 1 aliphatic heterocycles. The van der Waals surface area contributed by atoms with E-state index in [0.29, 0.717) is 11.4 Å². The van der Waals surface area contributed by atoms with Gasteiger partial charge in [0.05, 0.1) is 6.04 Å². The van der Waals surface area contributed by atoms with Gasteiger partial charge in [-0.3, -0.25) is 9.98 Å². The maximum atomic E-state index is 11.4. The van der Waals surface area contributed by atoms with E-state index < -0.39 is 5.97 Å². The van der Waals surface area contributed by atoms with E-state index in [9.17, 15) is 9.90 Å². The Morgan fingerprint density at radius 1 is 1.20 bits per heavy atom. The van der Waals surface area contributed by atoms with Crippen molar-refractivity contribution in [2.24, 2.45) is 10.9 Å². The lowest BCUT2D eigenvalue weighted by Crippen LogP contribution is -2.30. The Kier molecular flexibility index (Phi) is 3.16. The number of hydrogen-bond acceptors (Lipinski definition) is 4. The first-order valence-electron chi connectivity index (χ1n) is 6.29. The molecule has 0 bridgehead atoms. The molecule has 0 radical (unpaired) electrons. The second kappa shape index (κ2) is 5.13. The van der Waals surface area contributed by atoms with E-state index in [0.717, 1.165) is 5.69 Å². The predicted octanol–water partition coefficient (Wildman–Crippen LogP) is 2.03. The second-order valence-corrected chi connectivity index (χ2v) is 4.57. The number of fused-ring (bicyclic) bond motifs is 1. The lowest BCUT2D eigenvalue weighted by Gasteiger charge is -2.26. The molecule has 2 N–H and O–H groups in total. The Morgan fingerprint density at radius 3 is 2.70 bits per heavy atom. The molecule has 2 atom stereocenters. The summed E-state index contributed by atoms with van der Waals surface area (Å²) in [6, 6.07) is 3.44. The first-order chi connectivity index (χ1) is 9.74. The molecule has 3 rings (SSSR count). The van der Waals surface area contributed by atoms with Crippen LogP contribution in [0.5, 0.6) is 0 Å². The van der Waals surface area contributed by atoms with Crippen molar-refractivity contribution in [3.63, 3.8) is 0 Å². The lowest BCUT2D eigenvalue weighted by atomic mass is 9.86. The largest absolute Gasteiger partial charge is 0.478 e. The fraction of sp³-hybridized carbons (Fsp3) is 0.133. The van der Waals surface area contributed by atoms with Gasteiger partial charge in [0.15, 0.2) is 0 Å². The van der Waals surface area contributed by atoms with Gasteiger partial charge in [0.2, 0.25) is 0 Å². The Balaban J connectivity index is 1.91. The topological polar surface area (TPSA) is 74.6 Å². The molecule has 5 nitrogen and oxygen atoms in total. The van der Waals surface area contributed by atoms with Crippen LogP contribution in [-0.4, -0.2) is 27.9 Å². The van der Waals surface area contributed by atoms with Crippen LogP contribution in [0.4, 0.5) is 5.69 Å². The molecule has 1 aliphatic carbocycles. The number of carbonyl (C=O) groups is 1. The summed E-state index contributed by atoms with van der Waals surface area (Å²) in [5.41, 5.74) is 1.18. The molecule has 2 aliphatic rings. The summed E-state index contributed by atoms with van der Waals surface area (Å²) in [6.45, 7) is 0. The molecule has 2 heterocycles. The van der Waals surface area contributed by atoms with Crippen molar-refractivity contribution in [3.05, 3.63) is 60.5 Å². The van der Waals surface area contributed by atoms with Crippen LogP contribution >= 0.6 is 0 Å². The molecular formula is C15H13N3O2. The van der Waals surface area contributed by atoms with Crippen LogP contribution in [0.2, 0.25) is 0 Å². The summed E-state index contributed by atoms with van der Waals surface area (Å²) in [4.78, 5) is 19.9. The van der Waals surface area contributed by atoms with Crippen molar-refractivity contribution in [3.8, 4) is 0 Å². The smallest absolute Gasteiger partial charge is 0.332 e. The van der Waals surface area contributed by atoms with Crippen LogP contribution in [-0.2, 0) is 4.79 Å². The SMILES string of the molecule is O=C(O)C1=CC(Nc2ccncc2)=NC2C=CC=CC12. The van der Waals surface area contributed by atoms with Gasteiger partial charge in [0, 0.05) is 29.6 Å². The number of amidine groups is 1. The minimum atomic E-state index is -0.913. The van der Waals surface area contributed by atoms with Crippen molar-refractivity contribution in [1.29, 1.82) is 0 Å². The van der Waals surface area contributed by atoms with E-state index in [-0.39, 0.29) is 12.0 Å². The van der Waals surface area contributed by atoms with E-state index in [2.05, 4.69) is 15.3 Å². The molecular weight excluding hydrogens is 254 g/mol. The van der Waals surface area contributed by atoms with Crippen LogP contribution in [0.3, 0.4) is 0 Å². The Bertz CT molecular complexity index is 644. The molecule has 2 unspecified atom stereocenters. The molecule has 0 aromatic carbocycles. The zero-order valence-electron chi connectivity index (χ0n) is 10.6.